The van der Waals surface area contributed by atoms with Gasteiger partial charge in [-0.2, -0.15) is 22.5 Å². The Morgan fingerprint density at radius 3 is 2.74 bits per heavy atom. The predicted molar refractivity (Wildman–Crippen MR) is 121 cm³/mol. The first kappa shape index (κ1) is 24.2. The minimum atomic E-state index is -4.73. The second-order valence-corrected chi connectivity index (χ2v) is 10.2. The summed E-state index contributed by atoms with van der Waals surface area (Å²) in [5, 5.41) is 5.62. The number of anilines is 4. The Morgan fingerprint density at radius 1 is 1.29 bits per heavy atom. The molecule has 1 aromatic carbocycles. The molecule has 13 heteroatoms. The van der Waals surface area contributed by atoms with Crippen LogP contribution in [0, 0.1) is 0 Å². The average Bonchev–Trinajstić information content (AvgIpc) is 3.12. The summed E-state index contributed by atoms with van der Waals surface area (Å²) < 4.78 is 67.6. The van der Waals surface area contributed by atoms with Crippen molar-refractivity contribution in [1.82, 2.24) is 14.3 Å². The Bertz CT molecular complexity index is 1200. The lowest BCUT2D eigenvalue weighted by molar-refractivity contribution is -0.137. The summed E-state index contributed by atoms with van der Waals surface area (Å²) in [7, 11) is -3.64. The number of benzene rings is 1. The van der Waals surface area contributed by atoms with Crippen molar-refractivity contribution >= 4 is 39.1 Å². The first-order valence-corrected chi connectivity index (χ1v) is 12.7. The molecule has 1 unspecified atom stereocenters. The number of fused-ring (bicyclic) bond motifs is 1. The molecule has 1 saturated heterocycles. The van der Waals surface area contributed by atoms with Gasteiger partial charge in [0.2, 0.25) is 21.9 Å². The highest BCUT2D eigenvalue weighted by atomic mass is 32.2. The highest BCUT2D eigenvalue weighted by Gasteiger charge is 2.41. The molecular weight excluding hydrogens is 473 g/mol. The molecule has 1 amide bonds. The molecule has 0 spiro atoms. The van der Waals surface area contributed by atoms with Gasteiger partial charge in [-0.1, -0.05) is 0 Å². The number of carbonyl (C=O) groups is 1. The third-order valence-corrected chi connectivity index (χ3v) is 7.16. The fraction of sp³-hybridized carbons (Fsp3) is 0.476. The summed E-state index contributed by atoms with van der Waals surface area (Å²) >= 11 is 0. The molecule has 34 heavy (non-hydrogen) atoms. The van der Waals surface area contributed by atoms with E-state index in [1.807, 2.05) is 0 Å². The van der Waals surface area contributed by atoms with Gasteiger partial charge in [0.05, 0.1) is 18.8 Å². The quantitative estimate of drug-likeness (QED) is 0.629. The van der Waals surface area contributed by atoms with Crippen molar-refractivity contribution in [1.29, 1.82) is 0 Å². The molecule has 0 aliphatic carbocycles. The number of alkyl halides is 3. The molecule has 4 rings (SSSR count). The molecular formula is C21H25F3N6O3S. The van der Waals surface area contributed by atoms with E-state index in [2.05, 4.69) is 20.6 Å². The van der Waals surface area contributed by atoms with Gasteiger partial charge in [-0.3, -0.25) is 4.79 Å². The van der Waals surface area contributed by atoms with Gasteiger partial charge in [-0.25, -0.2) is 13.4 Å². The summed E-state index contributed by atoms with van der Waals surface area (Å²) in [6, 6.07) is 5.06. The van der Waals surface area contributed by atoms with Gasteiger partial charge in [0.1, 0.15) is 11.4 Å². The van der Waals surface area contributed by atoms with Crippen LogP contribution >= 0.6 is 0 Å². The number of sulfonamides is 1. The lowest BCUT2D eigenvalue weighted by atomic mass is 10.1. The zero-order valence-electron chi connectivity index (χ0n) is 18.7. The van der Waals surface area contributed by atoms with Crippen LogP contribution in [-0.2, 0) is 27.4 Å². The molecule has 184 valence electrons. The Kier molecular flexibility index (Phi) is 6.42. The van der Waals surface area contributed by atoms with Gasteiger partial charge >= 0.3 is 6.18 Å². The molecule has 2 aliphatic heterocycles. The van der Waals surface area contributed by atoms with E-state index in [0.717, 1.165) is 11.8 Å². The fourth-order valence-corrected chi connectivity index (χ4v) is 5.50. The highest BCUT2D eigenvalue weighted by molar-refractivity contribution is 7.88. The Hall–Kier alpha value is -2.93. The van der Waals surface area contributed by atoms with Gasteiger partial charge in [0.25, 0.3) is 0 Å². The van der Waals surface area contributed by atoms with Gasteiger partial charge in [0.15, 0.2) is 0 Å². The van der Waals surface area contributed by atoms with Crippen LogP contribution in [0.3, 0.4) is 0 Å². The summed E-state index contributed by atoms with van der Waals surface area (Å²) in [6.45, 7) is 2.01. The van der Waals surface area contributed by atoms with Crippen molar-refractivity contribution in [3.05, 3.63) is 35.5 Å². The molecule has 2 N–H and O–H groups in total. The maximum absolute atomic E-state index is 13.9. The van der Waals surface area contributed by atoms with E-state index < -0.39 is 27.9 Å². The van der Waals surface area contributed by atoms with Crippen molar-refractivity contribution in [3.8, 4) is 0 Å². The van der Waals surface area contributed by atoms with E-state index in [4.69, 9.17) is 0 Å². The lowest BCUT2D eigenvalue weighted by Crippen LogP contribution is -2.53. The molecule has 0 bridgehead atoms. The summed E-state index contributed by atoms with van der Waals surface area (Å²) in [5.41, 5.74) is 0.908. The van der Waals surface area contributed by atoms with Gasteiger partial charge in [-0.05, 0) is 49.9 Å². The number of rotatable bonds is 6. The number of halogens is 3. The third-order valence-electron chi connectivity index (χ3n) is 5.88. The minimum absolute atomic E-state index is 0.0691. The number of nitrogens with zero attached hydrogens (tertiary/aromatic N) is 4. The highest BCUT2D eigenvalue weighted by Crippen LogP contribution is 2.38. The maximum atomic E-state index is 13.9. The van der Waals surface area contributed by atoms with Crippen LogP contribution in [0.25, 0.3) is 0 Å². The van der Waals surface area contributed by atoms with Crippen molar-refractivity contribution in [2.45, 2.75) is 44.9 Å². The molecule has 2 aliphatic rings. The van der Waals surface area contributed by atoms with Crippen LogP contribution in [0.2, 0.25) is 0 Å². The standard InChI is InChI=1S/C21H25F3N6O3S/c1-3-29(18-6-4-5-9-30(18)34(2,32)33)19-15(21(22,23)24)12-25-20(28-19)26-14-7-8-16-13(10-14)11-17(31)27-16/h7-8,10,12,18H,3-6,9,11H2,1-2H3,(H,27,31)(H,25,26,28). The van der Waals surface area contributed by atoms with E-state index in [-0.39, 0.29) is 37.2 Å². The second kappa shape index (κ2) is 9.02. The zero-order valence-corrected chi connectivity index (χ0v) is 19.5. The van der Waals surface area contributed by atoms with E-state index in [9.17, 15) is 26.4 Å². The third kappa shape index (κ3) is 4.94. The van der Waals surface area contributed by atoms with Crippen molar-refractivity contribution < 1.29 is 26.4 Å². The SMILES string of the molecule is CCN(c1nc(Nc2ccc3c(c2)CC(=O)N3)ncc1C(F)(F)F)C1CCCCN1S(C)(=O)=O. The Morgan fingerprint density at radius 2 is 2.06 bits per heavy atom. The zero-order chi connectivity index (χ0) is 24.7. The van der Waals surface area contributed by atoms with Gasteiger partial charge in [0, 0.05) is 30.7 Å². The van der Waals surface area contributed by atoms with Crippen molar-refractivity contribution in [2.24, 2.45) is 0 Å². The predicted octanol–water partition coefficient (Wildman–Crippen LogP) is 3.33. The molecule has 0 radical (unpaired) electrons. The molecule has 1 aromatic heterocycles. The van der Waals surface area contributed by atoms with Crippen LogP contribution < -0.4 is 15.5 Å². The van der Waals surface area contributed by atoms with Crippen LogP contribution in [0.15, 0.2) is 24.4 Å². The lowest BCUT2D eigenvalue weighted by Gasteiger charge is -2.42. The van der Waals surface area contributed by atoms with Gasteiger partial charge in [-0.15, -0.1) is 0 Å². The number of nitrogens with one attached hydrogen (secondary N) is 2. The van der Waals surface area contributed by atoms with Crippen LogP contribution in [0.5, 0.6) is 0 Å². The molecule has 3 heterocycles. The number of hydrogen-bond donors (Lipinski definition) is 2. The number of amides is 1. The Labute approximate surface area is 195 Å². The maximum Gasteiger partial charge on any atom is 0.421 e. The van der Waals surface area contributed by atoms with E-state index in [1.165, 1.54) is 9.21 Å². The van der Waals surface area contributed by atoms with Crippen LogP contribution in [0.1, 0.15) is 37.3 Å². The Balaban J connectivity index is 1.72. The molecule has 9 nitrogen and oxygen atoms in total. The monoisotopic (exact) mass is 498 g/mol. The molecule has 0 saturated carbocycles. The van der Waals surface area contributed by atoms with E-state index >= 15 is 0 Å². The number of hydrogen-bond acceptors (Lipinski definition) is 7. The van der Waals surface area contributed by atoms with Crippen LogP contribution in [-0.4, -0.2) is 54.1 Å². The largest absolute Gasteiger partial charge is 0.421 e. The average molecular weight is 499 g/mol. The summed E-state index contributed by atoms with van der Waals surface area (Å²) in [5.74, 6) is -0.590. The first-order valence-electron chi connectivity index (χ1n) is 10.8. The number of aromatic nitrogens is 2. The fourth-order valence-electron chi connectivity index (χ4n) is 4.38. The van der Waals surface area contributed by atoms with E-state index in [0.29, 0.717) is 36.8 Å². The van der Waals surface area contributed by atoms with Crippen LogP contribution in [0.4, 0.5) is 36.3 Å². The van der Waals surface area contributed by atoms with Crippen molar-refractivity contribution in [3.63, 3.8) is 0 Å². The second-order valence-electron chi connectivity index (χ2n) is 8.29. The molecule has 1 atom stereocenters. The molecule has 1 fully saturated rings. The smallest absolute Gasteiger partial charge is 0.339 e. The summed E-state index contributed by atoms with van der Waals surface area (Å²) in [4.78, 5) is 21.0. The topological polar surface area (TPSA) is 108 Å². The van der Waals surface area contributed by atoms with Crippen molar-refractivity contribution in [2.75, 3.05) is 34.9 Å². The van der Waals surface area contributed by atoms with E-state index in [1.54, 1.807) is 25.1 Å². The minimum Gasteiger partial charge on any atom is -0.339 e. The number of piperidine rings is 1. The normalized spacial score (nSPS) is 19.0. The van der Waals surface area contributed by atoms with Gasteiger partial charge < -0.3 is 15.5 Å². The number of carbonyl (C=O) groups excluding carboxylic acids is 1. The summed E-state index contributed by atoms with van der Waals surface area (Å²) in [6.07, 6.45) is -1.83. The first-order chi connectivity index (χ1) is 16.0. The molecule has 2 aromatic rings.